The maximum atomic E-state index is 12.5. The lowest BCUT2D eigenvalue weighted by molar-refractivity contribution is 0.0955. The Balaban J connectivity index is 1.78. The molecule has 138 valence electrons. The van der Waals surface area contributed by atoms with Crippen molar-refractivity contribution in [3.63, 3.8) is 0 Å². The molecule has 2 N–H and O–H groups in total. The van der Waals surface area contributed by atoms with Crippen LogP contribution < -0.4 is 10.1 Å². The van der Waals surface area contributed by atoms with Crippen LogP contribution in [0.5, 0.6) is 0 Å². The van der Waals surface area contributed by atoms with Gasteiger partial charge in [0.2, 0.25) is 0 Å². The number of amides is 1. The van der Waals surface area contributed by atoms with E-state index in [4.69, 9.17) is 0 Å². The SMILES string of the molecule is C[C@H]1CCCCC1=NNC(=O)c1ccccc1NS(=O)(=O)c1cccs1. The standard InChI is InChI=1S/C18H21N3O3S2/c1-13-7-2-4-9-15(13)19-20-18(22)14-8-3-5-10-16(14)21-26(23,24)17-11-6-12-25-17/h3,5-6,8,10-13,21H,2,4,7,9H2,1H3,(H,20,22)/t13-/m0/s1. The van der Waals surface area contributed by atoms with E-state index in [2.05, 4.69) is 22.2 Å². The van der Waals surface area contributed by atoms with Crippen LogP contribution in [0.3, 0.4) is 0 Å². The molecule has 8 heteroatoms. The maximum absolute atomic E-state index is 12.5. The van der Waals surface area contributed by atoms with Crippen molar-refractivity contribution in [1.29, 1.82) is 0 Å². The van der Waals surface area contributed by atoms with E-state index in [1.807, 2.05) is 0 Å². The summed E-state index contributed by atoms with van der Waals surface area (Å²) in [4.78, 5) is 12.5. The van der Waals surface area contributed by atoms with Crippen LogP contribution in [0.25, 0.3) is 0 Å². The number of nitrogens with one attached hydrogen (secondary N) is 2. The Morgan fingerprint density at radius 2 is 2.00 bits per heavy atom. The second-order valence-corrected chi connectivity index (χ2v) is 9.13. The molecule has 1 amide bonds. The third kappa shape index (κ3) is 4.31. The van der Waals surface area contributed by atoms with Gasteiger partial charge in [0.05, 0.1) is 11.3 Å². The van der Waals surface area contributed by atoms with Crippen molar-refractivity contribution in [3.05, 3.63) is 47.3 Å². The van der Waals surface area contributed by atoms with E-state index >= 15 is 0 Å². The summed E-state index contributed by atoms with van der Waals surface area (Å²) in [5, 5.41) is 5.96. The van der Waals surface area contributed by atoms with E-state index in [0.717, 1.165) is 36.3 Å². The van der Waals surface area contributed by atoms with Gasteiger partial charge >= 0.3 is 0 Å². The molecule has 0 bridgehead atoms. The van der Waals surface area contributed by atoms with Gasteiger partial charge in [-0.15, -0.1) is 11.3 Å². The van der Waals surface area contributed by atoms with Gasteiger partial charge in [0.15, 0.2) is 0 Å². The van der Waals surface area contributed by atoms with Crippen molar-refractivity contribution in [2.24, 2.45) is 11.0 Å². The zero-order chi connectivity index (χ0) is 18.6. The zero-order valence-corrected chi connectivity index (χ0v) is 16.1. The van der Waals surface area contributed by atoms with E-state index in [-0.39, 0.29) is 15.5 Å². The Morgan fingerprint density at radius 3 is 2.73 bits per heavy atom. The van der Waals surface area contributed by atoms with Gasteiger partial charge in [0, 0.05) is 5.71 Å². The van der Waals surface area contributed by atoms with Crippen LogP contribution in [0.2, 0.25) is 0 Å². The van der Waals surface area contributed by atoms with Crippen LogP contribution in [0.15, 0.2) is 51.1 Å². The average Bonchev–Trinajstić information content (AvgIpc) is 3.17. The number of para-hydroxylation sites is 1. The normalized spacial score (nSPS) is 19.3. The average molecular weight is 392 g/mol. The summed E-state index contributed by atoms with van der Waals surface area (Å²) < 4.78 is 27.5. The van der Waals surface area contributed by atoms with Gasteiger partial charge in [-0.3, -0.25) is 9.52 Å². The molecule has 0 spiro atoms. The van der Waals surface area contributed by atoms with Gasteiger partial charge in [-0.2, -0.15) is 5.10 Å². The first-order chi connectivity index (χ1) is 12.5. The molecule has 1 saturated carbocycles. The highest BCUT2D eigenvalue weighted by Gasteiger charge is 2.20. The fourth-order valence-electron chi connectivity index (χ4n) is 2.90. The molecule has 1 atom stereocenters. The lowest BCUT2D eigenvalue weighted by atomic mass is 9.89. The van der Waals surface area contributed by atoms with Crippen molar-refractivity contribution in [1.82, 2.24) is 5.43 Å². The molecule has 0 aliphatic heterocycles. The van der Waals surface area contributed by atoms with Crippen molar-refractivity contribution in [2.45, 2.75) is 36.8 Å². The summed E-state index contributed by atoms with van der Waals surface area (Å²) in [6.07, 6.45) is 4.22. The number of anilines is 1. The monoisotopic (exact) mass is 391 g/mol. The molecule has 1 aromatic heterocycles. The highest BCUT2D eigenvalue weighted by Crippen LogP contribution is 2.23. The first-order valence-corrected chi connectivity index (χ1v) is 10.9. The minimum Gasteiger partial charge on any atom is -0.278 e. The fourth-order valence-corrected chi connectivity index (χ4v) is 4.97. The molecule has 26 heavy (non-hydrogen) atoms. The van der Waals surface area contributed by atoms with E-state index in [0.29, 0.717) is 5.92 Å². The second kappa shape index (κ2) is 8.01. The van der Waals surface area contributed by atoms with E-state index < -0.39 is 15.9 Å². The largest absolute Gasteiger partial charge is 0.278 e. The molecule has 1 fully saturated rings. The van der Waals surface area contributed by atoms with Crippen LogP contribution in [0, 0.1) is 5.92 Å². The maximum Gasteiger partial charge on any atom is 0.273 e. The van der Waals surface area contributed by atoms with Crippen LogP contribution in [-0.4, -0.2) is 20.0 Å². The predicted octanol–water partition coefficient (Wildman–Crippen LogP) is 3.84. The number of nitrogens with zero attached hydrogens (tertiary/aromatic N) is 1. The zero-order valence-electron chi connectivity index (χ0n) is 14.4. The van der Waals surface area contributed by atoms with Gasteiger partial charge in [0.25, 0.3) is 15.9 Å². The third-order valence-electron chi connectivity index (χ3n) is 4.37. The van der Waals surface area contributed by atoms with E-state index in [9.17, 15) is 13.2 Å². The van der Waals surface area contributed by atoms with E-state index in [1.54, 1.807) is 35.7 Å². The Hall–Kier alpha value is -2.19. The van der Waals surface area contributed by atoms with Crippen molar-refractivity contribution in [2.75, 3.05) is 4.72 Å². The molecular weight excluding hydrogens is 370 g/mol. The predicted molar refractivity (Wildman–Crippen MR) is 104 cm³/mol. The first kappa shape index (κ1) is 18.6. The quantitative estimate of drug-likeness (QED) is 0.759. The van der Waals surface area contributed by atoms with Gasteiger partial charge < -0.3 is 0 Å². The first-order valence-electron chi connectivity index (χ1n) is 8.49. The Kier molecular flexibility index (Phi) is 5.73. The number of benzene rings is 1. The minimum absolute atomic E-state index is 0.198. The number of carbonyl (C=O) groups is 1. The molecule has 0 radical (unpaired) electrons. The van der Waals surface area contributed by atoms with Crippen molar-refractivity contribution < 1.29 is 13.2 Å². The minimum atomic E-state index is -3.72. The molecule has 1 heterocycles. The highest BCUT2D eigenvalue weighted by molar-refractivity contribution is 7.94. The van der Waals surface area contributed by atoms with Gasteiger partial charge in [-0.25, -0.2) is 13.8 Å². The van der Waals surface area contributed by atoms with Crippen LogP contribution in [-0.2, 0) is 10.0 Å². The summed E-state index contributed by atoms with van der Waals surface area (Å²) in [5.74, 6) is -0.0728. The topological polar surface area (TPSA) is 87.6 Å². The van der Waals surface area contributed by atoms with Gasteiger partial charge in [-0.1, -0.05) is 31.5 Å². The number of hydrogen-bond acceptors (Lipinski definition) is 5. The van der Waals surface area contributed by atoms with Crippen molar-refractivity contribution in [3.8, 4) is 0 Å². The lowest BCUT2D eigenvalue weighted by Crippen LogP contribution is -2.25. The number of hydrazone groups is 1. The second-order valence-electron chi connectivity index (χ2n) is 6.27. The number of rotatable bonds is 5. The summed E-state index contributed by atoms with van der Waals surface area (Å²) in [6.45, 7) is 2.10. The molecular formula is C18H21N3O3S2. The Labute approximate surface area is 157 Å². The molecule has 6 nitrogen and oxygen atoms in total. The molecule has 3 rings (SSSR count). The molecule has 1 aliphatic rings. The third-order valence-corrected chi connectivity index (χ3v) is 7.13. The summed E-state index contributed by atoms with van der Waals surface area (Å²) in [5.41, 5.74) is 4.03. The number of hydrogen-bond donors (Lipinski definition) is 2. The summed E-state index contributed by atoms with van der Waals surface area (Å²) >= 11 is 1.12. The molecule has 1 aromatic carbocycles. The van der Waals surface area contributed by atoms with Crippen LogP contribution in [0.1, 0.15) is 43.0 Å². The number of thiophene rings is 1. The summed E-state index contributed by atoms with van der Waals surface area (Å²) in [6, 6.07) is 9.69. The number of carbonyl (C=O) groups excluding carboxylic acids is 1. The summed E-state index contributed by atoms with van der Waals surface area (Å²) in [7, 11) is -3.72. The molecule has 0 saturated heterocycles. The smallest absolute Gasteiger partial charge is 0.273 e. The number of sulfonamides is 1. The van der Waals surface area contributed by atoms with Gasteiger partial charge in [0.1, 0.15) is 4.21 Å². The molecule has 0 unspecified atom stereocenters. The van der Waals surface area contributed by atoms with Crippen LogP contribution in [0.4, 0.5) is 5.69 Å². The fraction of sp³-hybridized carbons (Fsp3) is 0.333. The highest BCUT2D eigenvalue weighted by atomic mass is 32.2. The Bertz CT molecular complexity index is 906. The molecule has 2 aromatic rings. The van der Waals surface area contributed by atoms with E-state index in [1.165, 1.54) is 12.5 Å². The van der Waals surface area contributed by atoms with Gasteiger partial charge in [-0.05, 0) is 48.8 Å². The Morgan fingerprint density at radius 1 is 1.19 bits per heavy atom. The van der Waals surface area contributed by atoms with Crippen molar-refractivity contribution >= 4 is 38.7 Å². The van der Waals surface area contributed by atoms with Crippen LogP contribution >= 0.6 is 11.3 Å². The molecule has 1 aliphatic carbocycles. The lowest BCUT2D eigenvalue weighted by Gasteiger charge is -2.20.